The molecular weight excluding hydrogens is 363 g/mol. The van der Waals surface area contributed by atoms with Gasteiger partial charge in [-0.2, -0.15) is 4.98 Å². The average Bonchev–Trinajstić information content (AvgIpc) is 3.37. The maximum Gasteiger partial charge on any atom is 0.271 e. The molecule has 0 spiro atoms. The quantitative estimate of drug-likeness (QED) is 0.573. The monoisotopic (exact) mass is 378 g/mol. The molecule has 0 radical (unpaired) electrons. The van der Waals surface area contributed by atoms with Crippen molar-refractivity contribution in [1.82, 2.24) is 30.0 Å². The number of hydrogen-bond acceptors (Lipinski definition) is 6. The molecule has 0 aliphatic carbocycles. The Labute approximate surface area is 159 Å². The van der Waals surface area contributed by atoms with Crippen LogP contribution in [-0.2, 0) is 6.54 Å². The first-order valence-electron chi connectivity index (χ1n) is 8.43. The second kappa shape index (κ2) is 7.39. The molecule has 3 aromatic heterocycles. The highest BCUT2D eigenvalue weighted by Crippen LogP contribution is 2.19. The molecule has 0 bridgehead atoms. The zero-order valence-corrected chi connectivity index (χ0v) is 14.8. The van der Waals surface area contributed by atoms with Crippen molar-refractivity contribution in [3.63, 3.8) is 0 Å². The molecule has 0 atom stereocenters. The van der Waals surface area contributed by atoms with Crippen molar-refractivity contribution in [2.75, 3.05) is 0 Å². The summed E-state index contributed by atoms with van der Waals surface area (Å²) in [5, 5.41) is 6.42. The van der Waals surface area contributed by atoms with E-state index in [0.29, 0.717) is 28.7 Å². The van der Waals surface area contributed by atoms with Crippen LogP contribution in [0.5, 0.6) is 0 Å². The predicted molar refractivity (Wildman–Crippen MR) is 97.0 cm³/mol. The first-order chi connectivity index (χ1) is 13.6. The molecule has 0 fully saturated rings. The van der Waals surface area contributed by atoms with E-state index in [1.54, 1.807) is 54.2 Å². The van der Waals surface area contributed by atoms with Crippen molar-refractivity contribution in [2.24, 2.45) is 0 Å². The number of amides is 1. The van der Waals surface area contributed by atoms with Crippen LogP contribution in [0.3, 0.4) is 0 Å². The number of aromatic nitrogens is 5. The number of nitrogens with zero attached hydrogens (tertiary/aromatic N) is 5. The molecule has 1 N–H and O–H groups in total. The summed E-state index contributed by atoms with van der Waals surface area (Å²) < 4.78 is 20.4. The van der Waals surface area contributed by atoms with Crippen LogP contribution in [0.1, 0.15) is 21.9 Å². The Hall–Kier alpha value is -3.88. The summed E-state index contributed by atoms with van der Waals surface area (Å²) in [4.78, 5) is 24.9. The molecule has 9 heteroatoms. The van der Waals surface area contributed by atoms with Gasteiger partial charge in [0.1, 0.15) is 23.7 Å². The lowest BCUT2D eigenvalue weighted by atomic mass is 10.2. The summed E-state index contributed by atoms with van der Waals surface area (Å²) in [5.74, 6) is 0.666. The Morgan fingerprint density at radius 1 is 1.25 bits per heavy atom. The van der Waals surface area contributed by atoms with Gasteiger partial charge in [-0.15, -0.1) is 0 Å². The molecular formula is C19H15FN6O2. The molecule has 0 unspecified atom stereocenters. The molecule has 8 nitrogen and oxygen atoms in total. The summed E-state index contributed by atoms with van der Waals surface area (Å²) in [5.41, 5.74) is 1.29. The predicted octanol–water partition coefficient (Wildman–Crippen LogP) is 2.69. The lowest BCUT2D eigenvalue weighted by Crippen LogP contribution is -2.23. The van der Waals surface area contributed by atoms with E-state index in [-0.39, 0.29) is 18.1 Å². The number of imidazole rings is 1. The third-order valence-electron chi connectivity index (χ3n) is 4.00. The second-order valence-corrected chi connectivity index (χ2v) is 5.99. The Morgan fingerprint density at radius 3 is 2.89 bits per heavy atom. The molecule has 140 valence electrons. The fourth-order valence-corrected chi connectivity index (χ4v) is 2.58. The molecule has 0 saturated heterocycles. The van der Waals surface area contributed by atoms with Gasteiger partial charge in [0.25, 0.3) is 11.8 Å². The van der Waals surface area contributed by atoms with E-state index in [2.05, 4.69) is 25.4 Å². The van der Waals surface area contributed by atoms with Gasteiger partial charge in [-0.1, -0.05) is 23.4 Å². The van der Waals surface area contributed by atoms with Crippen LogP contribution in [0, 0.1) is 12.7 Å². The van der Waals surface area contributed by atoms with Crippen LogP contribution >= 0.6 is 0 Å². The number of benzene rings is 1. The molecule has 1 aromatic carbocycles. The van der Waals surface area contributed by atoms with Gasteiger partial charge in [0.2, 0.25) is 0 Å². The number of rotatable bonds is 5. The molecule has 1 amide bonds. The number of nitrogens with one attached hydrogen (secondary N) is 1. The van der Waals surface area contributed by atoms with Crippen LogP contribution in [-0.4, -0.2) is 30.6 Å². The number of carbonyl (C=O) groups is 1. The number of carbonyl (C=O) groups excluding carboxylic acids is 1. The normalized spacial score (nSPS) is 10.8. The number of aryl methyl sites for hydroxylation is 1. The third-order valence-corrected chi connectivity index (χ3v) is 4.00. The molecule has 0 saturated carbocycles. The summed E-state index contributed by atoms with van der Waals surface area (Å²) >= 11 is 0. The smallest absolute Gasteiger partial charge is 0.271 e. The van der Waals surface area contributed by atoms with Crippen LogP contribution in [0.25, 0.3) is 17.3 Å². The van der Waals surface area contributed by atoms with Crippen molar-refractivity contribution < 1.29 is 13.7 Å². The van der Waals surface area contributed by atoms with Crippen molar-refractivity contribution in [3.8, 4) is 17.3 Å². The summed E-state index contributed by atoms with van der Waals surface area (Å²) in [6.07, 6.45) is 4.62. The Bertz CT molecular complexity index is 1140. The number of halogens is 1. The van der Waals surface area contributed by atoms with Crippen LogP contribution in [0.4, 0.5) is 4.39 Å². The van der Waals surface area contributed by atoms with Crippen molar-refractivity contribution in [2.45, 2.75) is 13.5 Å². The van der Waals surface area contributed by atoms with E-state index >= 15 is 0 Å². The third kappa shape index (κ3) is 3.63. The minimum Gasteiger partial charge on any atom is -0.346 e. The molecule has 0 aliphatic rings. The van der Waals surface area contributed by atoms with Crippen molar-refractivity contribution >= 4 is 5.91 Å². The van der Waals surface area contributed by atoms with Gasteiger partial charge in [0.15, 0.2) is 5.82 Å². The maximum atomic E-state index is 13.7. The van der Waals surface area contributed by atoms with Gasteiger partial charge in [0, 0.05) is 30.1 Å². The van der Waals surface area contributed by atoms with Crippen molar-refractivity contribution in [1.29, 1.82) is 0 Å². The Kier molecular flexibility index (Phi) is 4.63. The standard InChI is InChI=1S/C19H15FN6O2/c1-12-24-19(28-25-12)13-6-7-21-17(8-13)26-10-16(23-11-26)18(27)22-9-14-4-2-3-5-15(14)20/h2-8,10-11H,9H2,1H3,(H,22,27). The largest absolute Gasteiger partial charge is 0.346 e. The lowest BCUT2D eigenvalue weighted by molar-refractivity contribution is 0.0946. The Balaban J connectivity index is 1.50. The van der Waals surface area contributed by atoms with Gasteiger partial charge < -0.3 is 9.84 Å². The van der Waals surface area contributed by atoms with Gasteiger partial charge in [-0.25, -0.2) is 14.4 Å². The summed E-state index contributed by atoms with van der Waals surface area (Å²) in [6, 6.07) is 9.76. The van der Waals surface area contributed by atoms with Gasteiger partial charge in [-0.05, 0) is 25.1 Å². The first-order valence-corrected chi connectivity index (χ1v) is 8.43. The lowest BCUT2D eigenvalue weighted by Gasteiger charge is -2.04. The second-order valence-electron chi connectivity index (χ2n) is 5.99. The maximum absolute atomic E-state index is 13.7. The minimum absolute atomic E-state index is 0.0720. The molecule has 4 aromatic rings. The summed E-state index contributed by atoms with van der Waals surface area (Å²) in [6.45, 7) is 1.81. The first kappa shape index (κ1) is 17.5. The Morgan fingerprint density at radius 2 is 2.11 bits per heavy atom. The van der Waals surface area contributed by atoms with Crippen LogP contribution in [0.15, 0.2) is 59.6 Å². The fourth-order valence-electron chi connectivity index (χ4n) is 2.58. The molecule has 0 aliphatic heterocycles. The molecule has 28 heavy (non-hydrogen) atoms. The highest BCUT2D eigenvalue weighted by molar-refractivity contribution is 5.92. The topological polar surface area (TPSA) is 98.7 Å². The average molecular weight is 378 g/mol. The van der Waals surface area contributed by atoms with Crippen LogP contribution < -0.4 is 5.32 Å². The zero-order valence-electron chi connectivity index (χ0n) is 14.8. The van der Waals surface area contributed by atoms with E-state index in [0.717, 1.165) is 0 Å². The van der Waals surface area contributed by atoms with Gasteiger partial charge in [-0.3, -0.25) is 9.36 Å². The number of hydrogen-bond donors (Lipinski definition) is 1. The highest BCUT2D eigenvalue weighted by Gasteiger charge is 2.13. The van der Waals surface area contributed by atoms with Gasteiger partial charge in [0.05, 0.1) is 0 Å². The SMILES string of the molecule is Cc1noc(-c2ccnc(-n3cnc(C(=O)NCc4ccccc4F)c3)c2)n1. The van der Waals surface area contributed by atoms with E-state index in [1.165, 1.54) is 12.4 Å². The van der Waals surface area contributed by atoms with Gasteiger partial charge >= 0.3 is 0 Å². The molecule has 4 rings (SSSR count). The van der Waals surface area contributed by atoms with E-state index in [4.69, 9.17) is 4.52 Å². The molecule has 3 heterocycles. The van der Waals surface area contributed by atoms with E-state index in [1.807, 2.05) is 0 Å². The summed E-state index contributed by atoms with van der Waals surface area (Å²) in [7, 11) is 0. The number of pyridine rings is 1. The fraction of sp³-hybridized carbons (Fsp3) is 0.105. The zero-order chi connectivity index (χ0) is 19.5. The highest BCUT2D eigenvalue weighted by atomic mass is 19.1. The van der Waals surface area contributed by atoms with E-state index < -0.39 is 5.91 Å². The minimum atomic E-state index is -0.411. The van der Waals surface area contributed by atoms with E-state index in [9.17, 15) is 9.18 Å². The van der Waals surface area contributed by atoms with Crippen LogP contribution in [0.2, 0.25) is 0 Å². The van der Waals surface area contributed by atoms with Crippen molar-refractivity contribution in [3.05, 3.63) is 78.0 Å².